The van der Waals surface area contributed by atoms with E-state index in [0.717, 1.165) is 50.6 Å². The first-order chi connectivity index (χ1) is 13.3. The molecule has 2 amide bonds. The van der Waals surface area contributed by atoms with Gasteiger partial charge in [0.25, 0.3) is 0 Å². The number of carbonyl (C=O) groups excluding carboxylic acids is 1. The second kappa shape index (κ2) is 7.43. The number of benzene rings is 1. The van der Waals surface area contributed by atoms with E-state index in [1.165, 1.54) is 22.3 Å². The molecule has 7 heteroatoms. The van der Waals surface area contributed by atoms with Gasteiger partial charge in [0.15, 0.2) is 0 Å². The summed E-state index contributed by atoms with van der Waals surface area (Å²) in [6.45, 7) is 4.64. The second-order valence-electron chi connectivity index (χ2n) is 8.95. The molecule has 1 aromatic carbocycles. The van der Waals surface area contributed by atoms with Gasteiger partial charge >= 0.3 is 6.03 Å². The molecule has 1 saturated heterocycles. The van der Waals surface area contributed by atoms with E-state index in [9.17, 15) is 9.00 Å². The molecule has 1 aromatic rings. The Hall–Kier alpha value is -1.44. The quantitative estimate of drug-likeness (QED) is 0.803. The van der Waals surface area contributed by atoms with Crippen LogP contribution in [0, 0.1) is 5.92 Å². The Balaban J connectivity index is 1.52. The third-order valence-corrected chi connectivity index (χ3v) is 8.33. The number of hydrogen-bond donors (Lipinski definition) is 2. The zero-order chi connectivity index (χ0) is 19.9. The Morgan fingerprint density at radius 1 is 1.25 bits per heavy atom. The highest BCUT2D eigenvalue weighted by Crippen LogP contribution is 2.38. The molecular weight excluding hydrogens is 374 g/mol. The zero-order valence-electron chi connectivity index (χ0n) is 17.1. The van der Waals surface area contributed by atoms with Crippen LogP contribution in [0.15, 0.2) is 10.4 Å². The third kappa shape index (κ3) is 3.98. The molecule has 1 aliphatic heterocycles. The van der Waals surface area contributed by atoms with Crippen LogP contribution in [0.3, 0.4) is 0 Å². The predicted octanol–water partition coefficient (Wildman–Crippen LogP) is 3.61. The minimum atomic E-state index is -2.72. The largest absolute Gasteiger partial charge is 0.379 e. The number of hydrogen-bond acceptors (Lipinski definition) is 3. The number of methoxy groups -OCH3 is 1. The number of carbonyl (C=O) groups is 1. The van der Waals surface area contributed by atoms with Gasteiger partial charge < -0.3 is 10.1 Å². The Bertz CT molecular complexity index is 884. The highest BCUT2D eigenvalue weighted by Gasteiger charge is 2.32. The van der Waals surface area contributed by atoms with Gasteiger partial charge in [-0.1, -0.05) is 6.07 Å². The molecule has 154 valence electrons. The fourth-order valence-corrected chi connectivity index (χ4v) is 6.84. The Morgan fingerprint density at radius 3 is 2.50 bits per heavy atom. The van der Waals surface area contributed by atoms with Gasteiger partial charge in [-0.3, -0.25) is 0 Å². The van der Waals surface area contributed by atoms with Crippen LogP contribution in [-0.2, 0) is 40.3 Å². The number of aryl methyl sites for hydroxylation is 2. The van der Waals surface area contributed by atoms with E-state index in [1.807, 2.05) is 13.8 Å². The van der Waals surface area contributed by atoms with Gasteiger partial charge in [-0.05, 0) is 87.0 Å². The van der Waals surface area contributed by atoms with Crippen molar-refractivity contribution in [1.29, 1.82) is 0 Å². The summed E-state index contributed by atoms with van der Waals surface area (Å²) in [5, 5.41) is 3.02. The van der Waals surface area contributed by atoms with Gasteiger partial charge in [0.1, 0.15) is 9.92 Å². The summed E-state index contributed by atoms with van der Waals surface area (Å²) in [6, 6.07) is 1.84. The molecule has 0 radical (unpaired) electrons. The van der Waals surface area contributed by atoms with Gasteiger partial charge in [-0.25, -0.2) is 13.7 Å². The van der Waals surface area contributed by atoms with E-state index in [0.29, 0.717) is 12.3 Å². The maximum absolute atomic E-state index is 13.1. The maximum atomic E-state index is 13.1. The lowest BCUT2D eigenvalue weighted by atomic mass is 9.95. The average molecular weight is 406 g/mol. The van der Waals surface area contributed by atoms with Crippen molar-refractivity contribution in [3.8, 4) is 0 Å². The second-order valence-corrected chi connectivity index (χ2v) is 11.0. The molecule has 0 saturated carbocycles. The van der Waals surface area contributed by atoms with Crippen LogP contribution in [0.1, 0.15) is 55.4 Å². The first-order valence-corrected chi connectivity index (χ1v) is 12.0. The molecule has 0 aromatic heterocycles. The summed E-state index contributed by atoms with van der Waals surface area (Å²) in [6.07, 6.45) is 7.21. The Morgan fingerprint density at radius 2 is 1.89 bits per heavy atom. The van der Waals surface area contributed by atoms with Gasteiger partial charge in [0, 0.05) is 19.3 Å². The lowest BCUT2D eigenvalue weighted by Gasteiger charge is -2.25. The lowest BCUT2D eigenvalue weighted by Crippen LogP contribution is -2.27. The molecule has 28 heavy (non-hydrogen) atoms. The van der Waals surface area contributed by atoms with Crippen molar-refractivity contribution >= 4 is 21.6 Å². The predicted molar refractivity (Wildman–Crippen MR) is 112 cm³/mol. The summed E-state index contributed by atoms with van der Waals surface area (Å²) in [7, 11) is -1.03. The highest BCUT2D eigenvalue weighted by atomic mass is 32.2. The van der Waals surface area contributed by atoms with Crippen LogP contribution in [0.4, 0.5) is 10.5 Å². The summed E-state index contributed by atoms with van der Waals surface area (Å²) < 4.78 is 25.6. The van der Waals surface area contributed by atoms with Crippen LogP contribution in [0.2, 0.25) is 0 Å². The molecule has 0 bridgehead atoms. The minimum Gasteiger partial charge on any atom is -0.379 e. The fourth-order valence-electron chi connectivity index (χ4n) is 4.90. The molecular formula is C21H31N3O3S. The van der Waals surface area contributed by atoms with E-state index < -0.39 is 15.9 Å². The standard InChI is InChI=1S/C21H31N3O3S/c1-21(2,27-3)11-14-12-22-28(26,13-14)24-20(25)23-19-17-8-4-6-15(17)10-16-7-5-9-18(16)19/h10,14H,4-9,11-13H2,1-3H3,(H2,22,23,24,25,26). The molecule has 6 nitrogen and oxygen atoms in total. The first kappa shape index (κ1) is 19.9. The lowest BCUT2D eigenvalue weighted by molar-refractivity contribution is 0.00552. The van der Waals surface area contributed by atoms with Crippen LogP contribution >= 0.6 is 0 Å². The van der Waals surface area contributed by atoms with Crippen molar-refractivity contribution < 1.29 is 13.7 Å². The van der Waals surface area contributed by atoms with E-state index in [1.54, 1.807) is 7.11 Å². The average Bonchev–Trinajstić information content (AvgIpc) is 3.34. The van der Waals surface area contributed by atoms with Gasteiger partial charge in [-0.15, -0.1) is 4.36 Å². The number of urea groups is 1. The molecule has 2 unspecified atom stereocenters. The minimum absolute atomic E-state index is 0.184. The van der Waals surface area contributed by atoms with Crippen LogP contribution in [0.5, 0.6) is 0 Å². The number of amides is 2. The highest BCUT2D eigenvalue weighted by molar-refractivity contribution is 7.92. The third-order valence-electron chi connectivity index (χ3n) is 6.33. The smallest absolute Gasteiger partial charge is 0.354 e. The van der Waals surface area contributed by atoms with Crippen molar-refractivity contribution in [2.45, 2.75) is 64.4 Å². The number of nitrogens with one attached hydrogen (secondary N) is 2. The van der Waals surface area contributed by atoms with E-state index in [-0.39, 0.29) is 11.5 Å². The molecule has 1 heterocycles. The van der Waals surface area contributed by atoms with Crippen molar-refractivity contribution in [3.63, 3.8) is 0 Å². The van der Waals surface area contributed by atoms with E-state index in [2.05, 4.69) is 20.5 Å². The molecule has 3 aliphatic rings. The Labute approximate surface area is 168 Å². The number of fused-ring (bicyclic) bond motifs is 2. The summed E-state index contributed by atoms with van der Waals surface area (Å²) in [5.41, 5.74) is 5.93. The zero-order valence-corrected chi connectivity index (χ0v) is 17.9. The number of nitrogens with zero attached hydrogens (tertiary/aromatic N) is 1. The SMILES string of the molecule is COC(C)(C)CC1CNS(=O)(=NC(=O)Nc2c3c(cc4c2CCC4)CCC3)C1. The normalized spacial score (nSPS) is 26.2. The molecule has 4 rings (SSSR count). The number of rotatable bonds is 4. The monoisotopic (exact) mass is 405 g/mol. The van der Waals surface area contributed by atoms with Crippen molar-refractivity contribution in [3.05, 3.63) is 28.3 Å². The summed E-state index contributed by atoms with van der Waals surface area (Å²) in [5.74, 6) is 0.572. The van der Waals surface area contributed by atoms with Crippen LogP contribution in [-0.4, -0.2) is 35.2 Å². The number of anilines is 1. The fraction of sp³-hybridized carbons (Fsp3) is 0.667. The summed E-state index contributed by atoms with van der Waals surface area (Å²) in [4.78, 5) is 12.7. The Kier molecular flexibility index (Phi) is 5.27. The molecule has 2 aliphatic carbocycles. The molecule has 2 atom stereocenters. The first-order valence-electron chi connectivity index (χ1n) is 10.3. The van der Waals surface area contributed by atoms with Crippen LogP contribution in [0.25, 0.3) is 0 Å². The van der Waals surface area contributed by atoms with E-state index in [4.69, 9.17) is 4.74 Å². The van der Waals surface area contributed by atoms with Crippen LogP contribution < -0.4 is 10.0 Å². The molecule has 2 N–H and O–H groups in total. The van der Waals surface area contributed by atoms with Gasteiger partial charge in [-0.2, -0.15) is 0 Å². The van der Waals surface area contributed by atoms with Crippen molar-refractivity contribution in [2.24, 2.45) is 10.3 Å². The van der Waals surface area contributed by atoms with Crippen molar-refractivity contribution in [2.75, 3.05) is 24.7 Å². The van der Waals surface area contributed by atoms with E-state index >= 15 is 0 Å². The topological polar surface area (TPSA) is 79.8 Å². The molecule has 1 fully saturated rings. The van der Waals surface area contributed by atoms with Crippen molar-refractivity contribution in [1.82, 2.24) is 4.72 Å². The number of ether oxygens (including phenoxy) is 1. The maximum Gasteiger partial charge on any atom is 0.354 e. The van der Waals surface area contributed by atoms with Gasteiger partial charge in [0.2, 0.25) is 0 Å². The molecule has 0 spiro atoms. The van der Waals surface area contributed by atoms with Gasteiger partial charge in [0.05, 0.1) is 11.4 Å². The summed E-state index contributed by atoms with van der Waals surface area (Å²) >= 11 is 0.